The average Bonchev–Trinajstić information content (AvgIpc) is 2.28. The Balaban J connectivity index is 2.73. The monoisotopic (exact) mass is 331 g/mol. The molecule has 0 radical (unpaired) electrons. The van der Waals surface area contributed by atoms with Gasteiger partial charge < -0.3 is 10.4 Å². The van der Waals surface area contributed by atoms with Crippen molar-refractivity contribution in [2.45, 2.75) is 19.4 Å². The van der Waals surface area contributed by atoms with Gasteiger partial charge in [0.05, 0.1) is 0 Å². The van der Waals surface area contributed by atoms with Crippen molar-refractivity contribution in [3.8, 4) is 0 Å². The molecule has 5 heteroatoms. The van der Waals surface area contributed by atoms with E-state index < -0.39 is 0 Å². The zero-order valence-electron chi connectivity index (χ0n) is 10.6. The molecule has 2 N–H and O–H groups in total. The Morgan fingerprint density at radius 3 is 2.78 bits per heavy atom. The Morgan fingerprint density at radius 2 is 2.22 bits per heavy atom. The van der Waals surface area contributed by atoms with E-state index in [0.29, 0.717) is 12.0 Å². The summed E-state index contributed by atoms with van der Waals surface area (Å²) in [6.45, 7) is 2.04. The molecule has 100 valence electrons. The van der Waals surface area contributed by atoms with Gasteiger partial charge in [-0.15, -0.1) is 0 Å². The van der Waals surface area contributed by atoms with Crippen molar-refractivity contribution < 1.29 is 9.90 Å². The third-order valence-electron chi connectivity index (χ3n) is 2.48. The topological polar surface area (TPSA) is 49.3 Å². The van der Waals surface area contributed by atoms with Crippen LogP contribution in [0.25, 0.3) is 0 Å². The number of aliphatic hydroxyl groups is 1. The standard InChI is InChI=1S/C13H18BrNO2S/c1-9-5-10(7-11(14)6-9)13(17)15-12(3-4-16)8-18-2/h5-7,12,16H,3-4,8H2,1-2H3,(H,15,17). The first-order chi connectivity index (χ1) is 8.56. The molecule has 0 aliphatic carbocycles. The van der Waals surface area contributed by atoms with Gasteiger partial charge in [-0.1, -0.05) is 15.9 Å². The lowest BCUT2D eigenvalue weighted by Crippen LogP contribution is -2.37. The van der Waals surface area contributed by atoms with Gasteiger partial charge >= 0.3 is 0 Å². The van der Waals surface area contributed by atoms with E-state index in [2.05, 4.69) is 21.2 Å². The van der Waals surface area contributed by atoms with E-state index in [0.717, 1.165) is 15.8 Å². The lowest BCUT2D eigenvalue weighted by atomic mass is 10.1. The lowest BCUT2D eigenvalue weighted by molar-refractivity contribution is 0.0935. The van der Waals surface area contributed by atoms with Gasteiger partial charge in [0, 0.05) is 28.4 Å². The first kappa shape index (κ1) is 15.5. The van der Waals surface area contributed by atoms with Crippen LogP contribution >= 0.6 is 27.7 Å². The van der Waals surface area contributed by atoms with Crippen LogP contribution in [0.1, 0.15) is 22.3 Å². The van der Waals surface area contributed by atoms with Crippen LogP contribution in [0.5, 0.6) is 0 Å². The van der Waals surface area contributed by atoms with E-state index >= 15 is 0 Å². The van der Waals surface area contributed by atoms with E-state index in [9.17, 15) is 4.79 Å². The zero-order chi connectivity index (χ0) is 13.5. The van der Waals surface area contributed by atoms with Crippen molar-refractivity contribution >= 4 is 33.6 Å². The van der Waals surface area contributed by atoms with Crippen molar-refractivity contribution in [3.05, 3.63) is 33.8 Å². The van der Waals surface area contributed by atoms with E-state index in [1.54, 1.807) is 17.8 Å². The third-order valence-corrected chi connectivity index (χ3v) is 3.68. The number of nitrogens with one attached hydrogen (secondary N) is 1. The van der Waals surface area contributed by atoms with Crippen molar-refractivity contribution in [3.63, 3.8) is 0 Å². The molecule has 1 rings (SSSR count). The third kappa shape index (κ3) is 5.00. The van der Waals surface area contributed by atoms with Crippen LogP contribution in [0, 0.1) is 6.92 Å². The first-order valence-corrected chi connectivity index (χ1v) is 7.93. The number of aliphatic hydroxyl groups excluding tert-OH is 1. The van der Waals surface area contributed by atoms with Crippen LogP contribution < -0.4 is 5.32 Å². The van der Waals surface area contributed by atoms with Gasteiger partial charge in [0.15, 0.2) is 0 Å². The molecule has 1 unspecified atom stereocenters. The molecule has 0 heterocycles. The zero-order valence-corrected chi connectivity index (χ0v) is 13.0. The smallest absolute Gasteiger partial charge is 0.251 e. The summed E-state index contributed by atoms with van der Waals surface area (Å²) >= 11 is 5.04. The minimum Gasteiger partial charge on any atom is -0.396 e. The summed E-state index contributed by atoms with van der Waals surface area (Å²) in [5.74, 6) is 0.714. The molecule has 1 amide bonds. The SMILES string of the molecule is CSCC(CCO)NC(=O)c1cc(C)cc(Br)c1. The molecular formula is C13H18BrNO2S. The summed E-state index contributed by atoms with van der Waals surface area (Å²) in [5.41, 5.74) is 1.68. The molecule has 1 aromatic carbocycles. The van der Waals surface area contributed by atoms with Gasteiger partial charge in [-0.3, -0.25) is 4.79 Å². The predicted molar refractivity (Wildman–Crippen MR) is 80.2 cm³/mol. The summed E-state index contributed by atoms with van der Waals surface area (Å²) in [6.07, 6.45) is 2.57. The van der Waals surface area contributed by atoms with Crippen LogP contribution in [0.4, 0.5) is 0 Å². The van der Waals surface area contributed by atoms with E-state index in [-0.39, 0.29) is 18.6 Å². The molecule has 0 aromatic heterocycles. The molecule has 0 saturated carbocycles. The highest BCUT2D eigenvalue weighted by atomic mass is 79.9. The summed E-state index contributed by atoms with van der Waals surface area (Å²) in [6, 6.07) is 5.63. The minimum absolute atomic E-state index is 0.0109. The number of carbonyl (C=O) groups is 1. The fraction of sp³-hybridized carbons (Fsp3) is 0.462. The van der Waals surface area contributed by atoms with E-state index in [4.69, 9.17) is 5.11 Å². The number of benzene rings is 1. The summed E-state index contributed by atoms with van der Waals surface area (Å²) in [5, 5.41) is 11.9. The molecule has 3 nitrogen and oxygen atoms in total. The highest BCUT2D eigenvalue weighted by Crippen LogP contribution is 2.15. The maximum atomic E-state index is 12.1. The Labute approximate surface area is 120 Å². The second-order valence-electron chi connectivity index (χ2n) is 4.16. The molecular weight excluding hydrogens is 314 g/mol. The fourth-order valence-corrected chi connectivity index (χ4v) is 2.95. The number of amides is 1. The molecule has 0 spiro atoms. The molecule has 0 aliphatic rings. The number of rotatable bonds is 6. The Hall–Kier alpha value is -0.520. The average molecular weight is 332 g/mol. The number of thioether (sulfide) groups is 1. The molecule has 0 fully saturated rings. The maximum Gasteiger partial charge on any atom is 0.251 e. The predicted octanol–water partition coefficient (Wildman–Crippen LogP) is 2.60. The first-order valence-electron chi connectivity index (χ1n) is 5.74. The van der Waals surface area contributed by atoms with E-state index in [1.807, 2.05) is 25.3 Å². The number of aryl methyl sites for hydroxylation is 1. The Bertz CT molecular complexity index is 386. The van der Waals surface area contributed by atoms with Crippen LogP contribution in [0.3, 0.4) is 0 Å². The molecule has 0 bridgehead atoms. The largest absolute Gasteiger partial charge is 0.396 e. The van der Waals surface area contributed by atoms with Crippen molar-refractivity contribution in [1.82, 2.24) is 5.32 Å². The summed E-state index contributed by atoms with van der Waals surface area (Å²) in [4.78, 5) is 12.1. The summed E-state index contributed by atoms with van der Waals surface area (Å²) in [7, 11) is 0. The Morgan fingerprint density at radius 1 is 1.50 bits per heavy atom. The van der Waals surface area contributed by atoms with Gasteiger partial charge in [0.2, 0.25) is 0 Å². The van der Waals surface area contributed by atoms with Gasteiger partial charge in [0.1, 0.15) is 0 Å². The number of carbonyl (C=O) groups excluding carboxylic acids is 1. The van der Waals surface area contributed by atoms with E-state index in [1.165, 1.54) is 0 Å². The lowest BCUT2D eigenvalue weighted by Gasteiger charge is -2.17. The van der Waals surface area contributed by atoms with Crippen molar-refractivity contribution in [1.29, 1.82) is 0 Å². The number of halogens is 1. The van der Waals surface area contributed by atoms with Crippen LogP contribution in [0.2, 0.25) is 0 Å². The quantitative estimate of drug-likeness (QED) is 0.842. The number of hydrogen-bond donors (Lipinski definition) is 2. The molecule has 0 aliphatic heterocycles. The summed E-state index contributed by atoms with van der Waals surface area (Å²) < 4.78 is 0.899. The molecule has 0 saturated heterocycles. The molecule has 1 aromatic rings. The number of hydrogen-bond acceptors (Lipinski definition) is 3. The van der Waals surface area contributed by atoms with Gasteiger partial charge in [-0.05, 0) is 43.4 Å². The minimum atomic E-state index is -0.0908. The fourth-order valence-electron chi connectivity index (χ4n) is 1.69. The normalized spacial score (nSPS) is 12.2. The van der Waals surface area contributed by atoms with Crippen LogP contribution in [0.15, 0.2) is 22.7 Å². The Kier molecular flexibility index (Phi) is 6.75. The highest BCUT2D eigenvalue weighted by molar-refractivity contribution is 9.10. The highest BCUT2D eigenvalue weighted by Gasteiger charge is 2.13. The molecule has 18 heavy (non-hydrogen) atoms. The second kappa shape index (κ2) is 7.81. The van der Waals surface area contributed by atoms with Crippen LogP contribution in [-0.2, 0) is 0 Å². The second-order valence-corrected chi connectivity index (χ2v) is 5.98. The van der Waals surface area contributed by atoms with Gasteiger partial charge in [-0.25, -0.2) is 0 Å². The van der Waals surface area contributed by atoms with Crippen molar-refractivity contribution in [2.75, 3.05) is 18.6 Å². The van der Waals surface area contributed by atoms with Crippen LogP contribution in [-0.4, -0.2) is 35.7 Å². The van der Waals surface area contributed by atoms with Gasteiger partial charge in [0.25, 0.3) is 5.91 Å². The maximum absolute atomic E-state index is 12.1. The van der Waals surface area contributed by atoms with Gasteiger partial charge in [-0.2, -0.15) is 11.8 Å². The molecule has 1 atom stereocenters. The van der Waals surface area contributed by atoms with Crippen molar-refractivity contribution in [2.24, 2.45) is 0 Å².